The van der Waals surface area contributed by atoms with Gasteiger partial charge < -0.3 is 9.64 Å². The van der Waals surface area contributed by atoms with Crippen LogP contribution in [0.2, 0.25) is 0 Å². The number of para-hydroxylation sites is 1. The maximum Gasteiger partial charge on any atom is 0.343 e. The Labute approximate surface area is 124 Å². The molecule has 0 radical (unpaired) electrons. The number of esters is 1. The van der Waals surface area contributed by atoms with E-state index < -0.39 is 5.97 Å². The molecule has 0 saturated carbocycles. The van der Waals surface area contributed by atoms with Gasteiger partial charge in [0.25, 0.3) is 0 Å². The summed E-state index contributed by atoms with van der Waals surface area (Å²) in [7, 11) is 3.63. The van der Waals surface area contributed by atoms with Crippen LogP contribution in [-0.4, -0.2) is 37.3 Å². The SMILES string of the molecule is CN(C)CC(=O)c1ccccc1OC(=O)c1ccccc1. The number of carbonyl (C=O) groups excluding carboxylic acids is 2. The number of Topliss-reactive ketones (excluding diaryl/α,β-unsaturated/α-hetero) is 1. The lowest BCUT2D eigenvalue weighted by atomic mass is 10.1. The molecule has 0 fully saturated rings. The summed E-state index contributed by atoms with van der Waals surface area (Å²) in [5, 5.41) is 0. The van der Waals surface area contributed by atoms with Gasteiger partial charge in [0.05, 0.1) is 17.7 Å². The van der Waals surface area contributed by atoms with Crippen molar-refractivity contribution in [1.29, 1.82) is 0 Å². The van der Waals surface area contributed by atoms with Gasteiger partial charge in [0.15, 0.2) is 5.78 Å². The average molecular weight is 283 g/mol. The van der Waals surface area contributed by atoms with E-state index in [4.69, 9.17) is 4.74 Å². The van der Waals surface area contributed by atoms with Crippen molar-refractivity contribution in [3.63, 3.8) is 0 Å². The van der Waals surface area contributed by atoms with Crippen molar-refractivity contribution in [2.75, 3.05) is 20.6 Å². The van der Waals surface area contributed by atoms with Crippen molar-refractivity contribution in [3.8, 4) is 5.75 Å². The Bertz CT molecular complexity index is 635. The molecule has 2 aromatic rings. The largest absolute Gasteiger partial charge is 0.422 e. The highest BCUT2D eigenvalue weighted by Crippen LogP contribution is 2.20. The number of ketones is 1. The van der Waals surface area contributed by atoms with Crippen LogP contribution in [0.1, 0.15) is 20.7 Å². The summed E-state index contributed by atoms with van der Waals surface area (Å²) in [6.45, 7) is 0.264. The third-order valence-corrected chi connectivity index (χ3v) is 2.86. The molecular weight excluding hydrogens is 266 g/mol. The highest BCUT2D eigenvalue weighted by molar-refractivity contribution is 6.01. The van der Waals surface area contributed by atoms with Gasteiger partial charge in [-0.25, -0.2) is 4.79 Å². The molecule has 0 aromatic heterocycles. The predicted octanol–water partition coefficient (Wildman–Crippen LogP) is 2.65. The van der Waals surface area contributed by atoms with E-state index >= 15 is 0 Å². The van der Waals surface area contributed by atoms with Gasteiger partial charge in [-0.15, -0.1) is 0 Å². The molecule has 0 aliphatic heterocycles. The zero-order chi connectivity index (χ0) is 15.2. The third kappa shape index (κ3) is 4.00. The van der Waals surface area contributed by atoms with E-state index in [1.165, 1.54) is 0 Å². The number of hydrogen-bond acceptors (Lipinski definition) is 4. The van der Waals surface area contributed by atoms with Crippen molar-refractivity contribution < 1.29 is 14.3 Å². The second kappa shape index (κ2) is 6.81. The smallest absolute Gasteiger partial charge is 0.343 e. The van der Waals surface area contributed by atoms with E-state index in [9.17, 15) is 9.59 Å². The molecule has 0 N–H and O–H groups in total. The van der Waals surface area contributed by atoms with Crippen LogP contribution >= 0.6 is 0 Å². The fraction of sp³-hybridized carbons (Fsp3) is 0.176. The van der Waals surface area contributed by atoms with Crippen molar-refractivity contribution in [1.82, 2.24) is 4.90 Å². The summed E-state index contributed by atoms with van der Waals surface area (Å²) in [5.41, 5.74) is 0.864. The first-order valence-corrected chi connectivity index (χ1v) is 6.62. The Kier molecular flexibility index (Phi) is 4.85. The molecule has 0 atom stereocenters. The summed E-state index contributed by atoms with van der Waals surface area (Å²) in [6.07, 6.45) is 0. The minimum Gasteiger partial charge on any atom is -0.422 e. The van der Waals surface area contributed by atoms with E-state index in [2.05, 4.69) is 0 Å². The number of likely N-dealkylation sites (N-methyl/N-ethyl adjacent to an activating group) is 1. The molecule has 4 nitrogen and oxygen atoms in total. The maximum atomic E-state index is 12.2. The van der Waals surface area contributed by atoms with Crippen molar-refractivity contribution in [3.05, 3.63) is 65.7 Å². The fourth-order valence-electron chi connectivity index (χ4n) is 1.89. The second-order valence-corrected chi connectivity index (χ2v) is 4.91. The van der Waals surface area contributed by atoms with Crippen LogP contribution in [0.25, 0.3) is 0 Å². The molecule has 0 heterocycles. The summed E-state index contributed by atoms with van der Waals surface area (Å²) in [4.78, 5) is 26.0. The first-order valence-electron chi connectivity index (χ1n) is 6.62. The van der Waals surface area contributed by atoms with Crippen LogP contribution in [0.5, 0.6) is 5.75 Å². The molecule has 0 unspecified atom stereocenters. The summed E-state index contributed by atoms with van der Waals surface area (Å²) >= 11 is 0. The molecule has 0 aliphatic rings. The Hall–Kier alpha value is -2.46. The highest BCUT2D eigenvalue weighted by atomic mass is 16.5. The summed E-state index contributed by atoms with van der Waals surface area (Å²) < 4.78 is 5.36. The fourth-order valence-corrected chi connectivity index (χ4v) is 1.89. The number of benzene rings is 2. The van der Waals surface area contributed by atoms with Gasteiger partial charge in [0, 0.05) is 0 Å². The van der Waals surface area contributed by atoms with E-state index in [1.54, 1.807) is 53.4 Å². The molecule has 0 amide bonds. The Morgan fingerprint density at radius 1 is 0.952 bits per heavy atom. The van der Waals surface area contributed by atoms with Gasteiger partial charge in [-0.05, 0) is 38.4 Å². The standard InChI is InChI=1S/C17H17NO3/c1-18(2)12-15(19)14-10-6-7-11-16(14)21-17(20)13-8-4-3-5-9-13/h3-11H,12H2,1-2H3. The number of hydrogen-bond donors (Lipinski definition) is 0. The number of ether oxygens (including phenoxy) is 1. The van der Waals surface area contributed by atoms with Gasteiger partial charge in [0.1, 0.15) is 5.75 Å². The van der Waals surface area contributed by atoms with Crippen LogP contribution in [-0.2, 0) is 0 Å². The molecule has 0 bridgehead atoms. The average Bonchev–Trinajstić information content (AvgIpc) is 2.48. The lowest BCUT2D eigenvalue weighted by Gasteiger charge is -2.12. The number of carbonyl (C=O) groups is 2. The molecule has 0 saturated heterocycles. The van der Waals surface area contributed by atoms with Gasteiger partial charge in [-0.1, -0.05) is 30.3 Å². The lowest BCUT2D eigenvalue weighted by molar-refractivity contribution is 0.0732. The molecule has 0 aliphatic carbocycles. The summed E-state index contributed by atoms with van der Waals surface area (Å²) in [6, 6.07) is 15.5. The third-order valence-electron chi connectivity index (χ3n) is 2.86. The predicted molar refractivity (Wildman–Crippen MR) is 80.7 cm³/mol. The Balaban J connectivity index is 2.21. The van der Waals surface area contributed by atoms with Crippen LogP contribution in [0.4, 0.5) is 0 Å². The Morgan fingerprint density at radius 2 is 1.57 bits per heavy atom. The highest BCUT2D eigenvalue weighted by Gasteiger charge is 2.16. The molecule has 108 valence electrons. The first kappa shape index (κ1) is 14.9. The van der Waals surface area contributed by atoms with E-state index in [-0.39, 0.29) is 12.3 Å². The van der Waals surface area contributed by atoms with Crippen LogP contribution < -0.4 is 4.74 Å². The molecule has 0 spiro atoms. The molecule has 21 heavy (non-hydrogen) atoms. The minimum atomic E-state index is -0.472. The second-order valence-electron chi connectivity index (χ2n) is 4.91. The monoisotopic (exact) mass is 283 g/mol. The number of nitrogens with zero attached hydrogens (tertiary/aromatic N) is 1. The van der Waals surface area contributed by atoms with Crippen molar-refractivity contribution in [2.45, 2.75) is 0 Å². The van der Waals surface area contributed by atoms with Gasteiger partial charge in [-0.3, -0.25) is 4.79 Å². The molecule has 2 aromatic carbocycles. The molecular formula is C17H17NO3. The van der Waals surface area contributed by atoms with Crippen LogP contribution in [0.3, 0.4) is 0 Å². The molecule has 4 heteroatoms. The van der Waals surface area contributed by atoms with E-state index in [1.807, 2.05) is 20.2 Å². The normalized spacial score (nSPS) is 10.4. The maximum absolute atomic E-state index is 12.2. The Morgan fingerprint density at radius 3 is 2.24 bits per heavy atom. The van der Waals surface area contributed by atoms with E-state index in [0.29, 0.717) is 16.9 Å². The first-order chi connectivity index (χ1) is 10.1. The van der Waals surface area contributed by atoms with Gasteiger partial charge >= 0.3 is 5.97 Å². The minimum absolute atomic E-state index is 0.0866. The zero-order valence-electron chi connectivity index (χ0n) is 12.1. The van der Waals surface area contributed by atoms with Crippen LogP contribution in [0, 0.1) is 0 Å². The quantitative estimate of drug-likeness (QED) is 0.481. The van der Waals surface area contributed by atoms with E-state index in [0.717, 1.165) is 0 Å². The van der Waals surface area contributed by atoms with Gasteiger partial charge in [0.2, 0.25) is 0 Å². The lowest BCUT2D eigenvalue weighted by Crippen LogP contribution is -2.22. The zero-order valence-corrected chi connectivity index (χ0v) is 12.1. The molecule has 2 rings (SSSR count). The van der Waals surface area contributed by atoms with Gasteiger partial charge in [-0.2, -0.15) is 0 Å². The van der Waals surface area contributed by atoms with Crippen LogP contribution in [0.15, 0.2) is 54.6 Å². The van der Waals surface area contributed by atoms with Crippen molar-refractivity contribution >= 4 is 11.8 Å². The topological polar surface area (TPSA) is 46.6 Å². The number of rotatable bonds is 5. The summed E-state index contributed by atoms with van der Waals surface area (Å²) in [5.74, 6) is -0.268. The van der Waals surface area contributed by atoms with Crippen molar-refractivity contribution in [2.24, 2.45) is 0 Å².